The van der Waals surface area contributed by atoms with Crippen LogP contribution in [-0.4, -0.2) is 40.3 Å². The first-order valence-electron chi connectivity index (χ1n) is 8.09. The van der Waals surface area contributed by atoms with Gasteiger partial charge in [0.1, 0.15) is 12.3 Å². The van der Waals surface area contributed by atoms with Crippen molar-refractivity contribution in [1.29, 1.82) is 0 Å². The van der Waals surface area contributed by atoms with Crippen molar-refractivity contribution in [2.45, 2.75) is 25.4 Å². The Kier molecular flexibility index (Phi) is 4.87. The van der Waals surface area contributed by atoms with Crippen molar-refractivity contribution < 1.29 is 14.3 Å². The van der Waals surface area contributed by atoms with E-state index in [2.05, 4.69) is 10.4 Å². The lowest BCUT2D eigenvalue weighted by atomic mass is 10.0. The Morgan fingerprint density at radius 2 is 2.12 bits per heavy atom. The molecule has 0 aliphatic carbocycles. The first kappa shape index (κ1) is 16.8. The predicted molar refractivity (Wildman–Crippen MR) is 92.1 cm³/mol. The number of carbonyl (C=O) groups excluding carboxylic acids is 2. The molecule has 1 saturated heterocycles. The number of methoxy groups -OCH3 is 1. The summed E-state index contributed by atoms with van der Waals surface area (Å²) in [6, 6.07) is 7.62. The van der Waals surface area contributed by atoms with Crippen LogP contribution in [0.5, 0.6) is 5.75 Å². The third-order valence-electron chi connectivity index (χ3n) is 4.22. The molecule has 2 aromatic rings. The fraction of sp³-hybridized carbons (Fsp3) is 0.353. The molecule has 1 aromatic carbocycles. The lowest BCUT2D eigenvalue weighted by Gasteiger charge is -2.25. The summed E-state index contributed by atoms with van der Waals surface area (Å²) in [5.74, 6) is 0.305. The van der Waals surface area contributed by atoms with Gasteiger partial charge in [0.2, 0.25) is 5.91 Å². The number of urea groups is 1. The summed E-state index contributed by atoms with van der Waals surface area (Å²) in [5.41, 5.74) is 6.75. The molecule has 0 spiro atoms. The topological polar surface area (TPSA) is 102 Å². The van der Waals surface area contributed by atoms with Gasteiger partial charge in [0, 0.05) is 12.7 Å². The highest BCUT2D eigenvalue weighted by molar-refractivity contribution is 5.89. The van der Waals surface area contributed by atoms with E-state index in [9.17, 15) is 9.59 Å². The zero-order valence-corrected chi connectivity index (χ0v) is 14.0. The zero-order chi connectivity index (χ0) is 17.8. The number of nitrogens with one attached hydrogen (secondary N) is 1. The van der Waals surface area contributed by atoms with Gasteiger partial charge in [-0.1, -0.05) is 12.1 Å². The summed E-state index contributed by atoms with van der Waals surface area (Å²) in [5, 5.41) is 6.83. The number of ether oxygens (including phenoxy) is 1. The maximum atomic E-state index is 12.6. The van der Waals surface area contributed by atoms with Crippen molar-refractivity contribution in [2.24, 2.45) is 5.73 Å². The van der Waals surface area contributed by atoms with Crippen molar-refractivity contribution in [1.82, 2.24) is 14.7 Å². The van der Waals surface area contributed by atoms with Crippen LogP contribution in [0.4, 0.5) is 10.5 Å². The van der Waals surface area contributed by atoms with Gasteiger partial charge >= 0.3 is 6.03 Å². The molecule has 8 nitrogen and oxygen atoms in total. The quantitative estimate of drug-likeness (QED) is 0.863. The van der Waals surface area contributed by atoms with Gasteiger partial charge in [-0.25, -0.2) is 4.79 Å². The van der Waals surface area contributed by atoms with Crippen molar-refractivity contribution in [3.05, 3.63) is 42.2 Å². The molecule has 132 valence electrons. The smallest absolute Gasteiger partial charge is 0.322 e. The maximum Gasteiger partial charge on any atom is 0.322 e. The van der Waals surface area contributed by atoms with Crippen LogP contribution in [0.3, 0.4) is 0 Å². The number of benzene rings is 1. The van der Waals surface area contributed by atoms with Crippen LogP contribution in [0.15, 0.2) is 36.7 Å². The van der Waals surface area contributed by atoms with Gasteiger partial charge in [0.15, 0.2) is 0 Å². The second-order valence-electron chi connectivity index (χ2n) is 5.95. The van der Waals surface area contributed by atoms with Crippen LogP contribution in [0, 0.1) is 0 Å². The molecule has 3 N–H and O–H groups in total. The second kappa shape index (κ2) is 7.25. The first-order chi connectivity index (χ1) is 12.1. The highest BCUT2D eigenvalue weighted by Crippen LogP contribution is 2.33. The molecule has 1 aliphatic heterocycles. The minimum Gasteiger partial charge on any atom is -0.497 e. The minimum absolute atomic E-state index is 0.0198. The number of hydrogen-bond donors (Lipinski definition) is 2. The number of aromatic nitrogens is 2. The van der Waals surface area contributed by atoms with Crippen LogP contribution in [0.1, 0.15) is 24.4 Å². The number of anilines is 1. The number of amides is 3. The van der Waals surface area contributed by atoms with E-state index in [-0.39, 0.29) is 18.6 Å². The Bertz CT molecular complexity index is 756. The molecular weight excluding hydrogens is 322 g/mol. The van der Waals surface area contributed by atoms with Crippen LogP contribution >= 0.6 is 0 Å². The predicted octanol–water partition coefficient (Wildman–Crippen LogP) is 1.75. The standard InChI is InChI=1S/C17H21N5O3/c1-25-14-6-4-12(5-7-14)15-3-2-8-22(15)17(24)20-13-9-19-21(10-13)11-16(18)23/h4-7,9-10,15H,2-3,8,11H2,1H3,(H2,18,23)(H,20,24)/t15-/m0/s1. The Hall–Kier alpha value is -3.03. The van der Waals surface area contributed by atoms with E-state index in [1.807, 2.05) is 29.2 Å². The molecule has 25 heavy (non-hydrogen) atoms. The Labute approximate surface area is 145 Å². The van der Waals surface area contributed by atoms with Crippen molar-refractivity contribution >= 4 is 17.6 Å². The molecular formula is C17H21N5O3. The molecule has 0 radical (unpaired) electrons. The third kappa shape index (κ3) is 3.90. The van der Waals surface area contributed by atoms with Gasteiger partial charge in [-0.3, -0.25) is 9.48 Å². The van der Waals surface area contributed by atoms with Crippen LogP contribution < -0.4 is 15.8 Å². The molecule has 1 atom stereocenters. The normalized spacial score (nSPS) is 16.7. The molecule has 1 aliphatic rings. The molecule has 0 unspecified atom stereocenters. The Morgan fingerprint density at radius 1 is 1.36 bits per heavy atom. The lowest BCUT2D eigenvalue weighted by Crippen LogP contribution is -2.34. The molecule has 1 aromatic heterocycles. The van der Waals surface area contributed by atoms with Crippen LogP contribution in [0.25, 0.3) is 0 Å². The zero-order valence-electron chi connectivity index (χ0n) is 14.0. The number of rotatable bonds is 5. The maximum absolute atomic E-state index is 12.6. The Balaban J connectivity index is 1.67. The van der Waals surface area contributed by atoms with Gasteiger partial charge < -0.3 is 20.7 Å². The summed E-state index contributed by atoms with van der Waals surface area (Å²) < 4.78 is 6.57. The number of nitrogens with two attached hydrogens (primary N) is 1. The van der Waals surface area contributed by atoms with E-state index in [1.54, 1.807) is 13.3 Å². The monoisotopic (exact) mass is 343 g/mol. The summed E-state index contributed by atoms with van der Waals surface area (Å²) in [6.45, 7) is 0.673. The minimum atomic E-state index is -0.486. The fourth-order valence-corrected chi connectivity index (χ4v) is 3.05. The van der Waals surface area contributed by atoms with Gasteiger partial charge in [0.05, 0.1) is 25.0 Å². The van der Waals surface area contributed by atoms with E-state index in [1.165, 1.54) is 10.9 Å². The molecule has 2 heterocycles. The van der Waals surface area contributed by atoms with E-state index in [0.717, 1.165) is 24.2 Å². The number of carbonyl (C=O) groups is 2. The summed E-state index contributed by atoms with van der Waals surface area (Å²) in [6.07, 6.45) is 4.95. The van der Waals surface area contributed by atoms with Gasteiger partial charge in [-0.2, -0.15) is 5.10 Å². The first-order valence-corrected chi connectivity index (χ1v) is 8.09. The van der Waals surface area contributed by atoms with E-state index < -0.39 is 5.91 Å². The average molecular weight is 343 g/mol. The third-order valence-corrected chi connectivity index (χ3v) is 4.22. The van der Waals surface area contributed by atoms with E-state index in [4.69, 9.17) is 10.5 Å². The van der Waals surface area contributed by atoms with Crippen molar-refractivity contribution in [3.63, 3.8) is 0 Å². The number of nitrogens with zero attached hydrogens (tertiary/aromatic N) is 3. The van der Waals surface area contributed by atoms with Gasteiger partial charge in [0.25, 0.3) is 0 Å². The van der Waals surface area contributed by atoms with Crippen LogP contribution in [0.2, 0.25) is 0 Å². The average Bonchev–Trinajstić information content (AvgIpc) is 3.24. The van der Waals surface area contributed by atoms with Gasteiger partial charge in [-0.05, 0) is 30.5 Å². The molecule has 0 saturated carbocycles. The SMILES string of the molecule is COc1ccc([C@@H]2CCCN2C(=O)Nc2cnn(CC(N)=O)c2)cc1. The number of primary amides is 1. The fourth-order valence-electron chi connectivity index (χ4n) is 3.05. The molecule has 0 bridgehead atoms. The molecule has 3 rings (SSSR count). The van der Waals surface area contributed by atoms with E-state index >= 15 is 0 Å². The summed E-state index contributed by atoms with van der Waals surface area (Å²) in [4.78, 5) is 25.3. The highest BCUT2D eigenvalue weighted by Gasteiger charge is 2.30. The molecule has 3 amide bonds. The lowest BCUT2D eigenvalue weighted by molar-refractivity contribution is -0.118. The van der Waals surface area contributed by atoms with Gasteiger partial charge in [-0.15, -0.1) is 0 Å². The van der Waals surface area contributed by atoms with Crippen molar-refractivity contribution in [2.75, 3.05) is 19.0 Å². The van der Waals surface area contributed by atoms with E-state index in [0.29, 0.717) is 12.2 Å². The molecule has 1 fully saturated rings. The summed E-state index contributed by atoms with van der Waals surface area (Å²) >= 11 is 0. The number of hydrogen-bond acceptors (Lipinski definition) is 4. The molecule has 8 heteroatoms. The van der Waals surface area contributed by atoms with Crippen molar-refractivity contribution in [3.8, 4) is 5.75 Å². The Morgan fingerprint density at radius 3 is 2.80 bits per heavy atom. The number of likely N-dealkylation sites (tertiary alicyclic amines) is 1. The van der Waals surface area contributed by atoms with Crippen LogP contribution in [-0.2, 0) is 11.3 Å². The largest absolute Gasteiger partial charge is 0.497 e. The summed E-state index contributed by atoms with van der Waals surface area (Å²) in [7, 11) is 1.63. The second-order valence-corrected chi connectivity index (χ2v) is 5.95. The highest BCUT2D eigenvalue weighted by atomic mass is 16.5.